The Bertz CT molecular complexity index is 677. The van der Waals surface area contributed by atoms with Crippen LogP contribution in [0.2, 0.25) is 0 Å². The van der Waals surface area contributed by atoms with Crippen LogP contribution >= 0.6 is 0 Å². The second-order valence-corrected chi connectivity index (χ2v) is 8.93. The first kappa shape index (κ1) is 30.8. The Labute approximate surface area is 208 Å². The summed E-state index contributed by atoms with van der Waals surface area (Å²) in [6, 6.07) is 0. The second-order valence-electron chi connectivity index (χ2n) is 8.93. The van der Waals surface area contributed by atoms with E-state index in [0.29, 0.717) is 6.42 Å². The van der Waals surface area contributed by atoms with E-state index in [2.05, 4.69) is 0 Å². The van der Waals surface area contributed by atoms with Crippen LogP contribution in [0.3, 0.4) is 0 Å². The smallest absolute Gasteiger partial charge is 0.329 e. The van der Waals surface area contributed by atoms with E-state index in [1.165, 1.54) is 7.11 Å². The topological polar surface area (TPSA) is 211 Å². The van der Waals surface area contributed by atoms with E-state index in [0.717, 1.165) is 0 Å². The summed E-state index contributed by atoms with van der Waals surface area (Å²) < 4.78 is 32.6. The number of hydrogen-bond acceptors (Lipinski definition) is 12. The molecule has 36 heavy (non-hydrogen) atoms. The summed E-state index contributed by atoms with van der Waals surface area (Å²) in [6.45, 7) is 0.0174. The Morgan fingerprint density at radius 2 is 1.08 bits per heavy atom. The van der Waals surface area contributed by atoms with Gasteiger partial charge >= 0.3 is 11.9 Å². The van der Waals surface area contributed by atoms with Crippen molar-refractivity contribution in [1.82, 2.24) is 0 Å². The lowest BCUT2D eigenvalue weighted by atomic mass is 9.85. The van der Waals surface area contributed by atoms with Crippen LogP contribution in [0, 0.1) is 11.8 Å². The van der Waals surface area contributed by atoms with Gasteiger partial charge in [-0.05, 0) is 6.42 Å². The van der Waals surface area contributed by atoms with Gasteiger partial charge in [0, 0.05) is 18.9 Å². The Morgan fingerprint density at radius 1 is 0.639 bits per heavy atom. The molecule has 0 saturated carbocycles. The molecule has 0 spiro atoms. The van der Waals surface area contributed by atoms with Crippen molar-refractivity contribution in [2.24, 2.45) is 11.8 Å². The van der Waals surface area contributed by atoms with Gasteiger partial charge in [0.25, 0.3) is 0 Å². The molecule has 0 amide bonds. The molecule has 2 saturated heterocycles. The maximum atomic E-state index is 10.8. The van der Waals surface area contributed by atoms with Crippen LogP contribution in [0.4, 0.5) is 0 Å². The van der Waals surface area contributed by atoms with E-state index in [9.17, 15) is 30.0 Å². The van der Waals surface area contributed by atoms with Gasteiger partial charge in [-0.3, -0.25) is 0 Å². The first-order valence-electron chi connectivity index (χ1n) is 11.8. The van der Waals surface area contributed by atoms with Gasteiger partial charge in [0.05, 0.1) is 57.5 Å². The van der Waals surface area contributed by atoms with E-state index < -0.39 is 85.8 Å². The first-order valence-corrected chi connectivity index (χ1v) is 11.8. The van der Waals surface area contributed by atoms with Crippen LogP contribution in [-0.4, -0.2) is 145 Å². The fourth-order valence-electron chi connectivity index (χ4n) is 4.52. The van der Waals surface area contributed by atoms with Crippen molar-refractivity contribution in [3.8, 4) is 0 Å². The molecule has 14 nitrogen and oxygen atoms in total. The number of rotatable bonds is 15. The average Bonchev–Trinajstić information content (AvgIpc) is 2.81. The molecule has 10 atom stereocenters. The van der Waals surface area contributed by atoms with Crippen molar-refractivity contribution in [3.05, 3.63) is 0 Å². The van der Waals surface area contributed by atoms with Crippen LogP contribution < -0.4 is 0 Å². The first-order chi connectivity index (χ1) is 17.1. The number of ether oxygens (including phenoxy) is 6. The third-order valence-corrected chi connectivity index (χ3v) is 6.40. The molecule has 2 heterocycles. The number of aliphatic carboxylic acids is 2. The van der Waals surface area contributed by atoms with Crippen molar-refractivity contribution >= 4 is 11.9 Å². The van der Waals surface area contributed by atoms with E-state index in [1.807, 2.05) is 0 Å². The van der Waals surface area contributed by atoms with Gasteiger partial charge in [0.2, 0.25) is 0 Å². The molecule has 2 aliphatic rings. The molecule has 2 aliphatic heterocycles. The van der Waals surface area contributed by atoms with Crippen molar-refractivity contribution in [2.45, 2.75) is 62.2 Å². The molecular weight excluding hydrogens is 488 g/mol. The molecular formula is C22H38O14. The van der Waals surface area contributed by atoms with Crippen LogP contribution in [0.25, 0.3) is 0 Å². The zero-order chi connectivity index (χ0) is 26.8. The minimum Gasteiger partial charge on any atom is -0.480 e. The van der Waals surface area contributed by atoms with E-state index in [-0.39, 0.29) is 33.0 Å². The Kier molecular flexibility index (Phi) is 12.9. The lowest BCUT2D eigenvalue weighted by molar-refractivity contribution is -0.242. The van der Waals surface area contributed by atoms with Crippen molar-refractivity contribution in [3.63, 3.8) is 0 Å². The summed E-state index contributed by atoms with van der Waals surface area (Å²) in [5.74, 6) is -3.63. The molecule has 2 fully saturated rings. The van der Waals surface area contributed by atoms with Gasteiger partial charge in [-0.15, -0.1) is 0 Å². The number of aliphatic hydroxyl groups excluding tert-OH is 4. The zero-order valence-electron chi connectivity index (χ0n) is 20.4. The van der Waals surface area contributed by atoms with Crippen LogP contribution in [0.1, 0.15) is 13.3 Å². The van der Waals surface area contributed by atoms with E-state index in [4.69, 9.17) is 38.6 Å². The molecule has 210 valence electrons. The van der Waals surface area contributed by atoms with Gasteiger partial charge in [0.1, 0.15) is 37.6 Å². The highest BCUT2D eigenvalue weighted by Crippen LogP contribution is 2.31. The van der Waals surface area contributed by atoms with Crippen molar-refractivity contribution in [1.29, 1.82) is 0 Å². The normalized spacial score (nSPS) is 37.1. The molecule has 0 bridgehead atoms. The average molecular weight is 527 g/mol. The van der Waals surface area contributed by atoms with Crippen molar-refractivity contribution in [2.75, 3.05) is 53.4 Å². The van der Waals surface area contributed by atoms with E-state index in [1.54, 1.807) is 6.92 Å². The number of carboxylic acids is 2. The summed E-state index contributed by atoms with van der Waals surface area (Å²) in [5, 5.41) is 59.7. The fraction of sp³-hybridized carbons (Fsp3) is 0.909. The maximum Gasteiger partial charge on any atom is 0.329 e. The molecule has 0 aliphatic carbocycles. The number of methoxy groups -OCH3 is 1. The lowest BCUT2D eigenvalue weighted by Crippen LogP contribution is -2.59. The minimum atomic E-state index is -1.30. The molecule has 0 aromatic heterocycles. The predicted molar refractivity (Wildman–Crippen MR) is 118 cm³/mol. The molecule has 0 aromatic rings. The highest BCUT2D eigenvalue weighted by Gasteiger charge is 2.46. The van der Waals surface area contributed by atoms with Gasteiger partial charge < -0.3 is 59.1 Å². The number of aliphatic hydroxyl groups is 4. The number of carboxylic acid groups (broad SMARTS) is 2. The molecule has 14 heteroatoms. The Balaban J connectivity index is 2.00. The zero-order valence-corrected chi connectivity index (χ0v) is 20.4. The van der Waals surface area contributed by atoms with Crippen LogP contribution in [0.15, 0.2) is 0 Å². The largest absolute Gasteiger partial charge is 0.480 e. The third-order valence-electron chi connectivity index (χ3n) is 6.40. The lowest BCUT2D eigenvalue weighted by Gasteiger charge is -2.44. The standard InChI is InChI=1S/C22H38O14/c1-3-11-13(6-33-9-17(23)24)35-16(22(30)19(11)27)8-32-4-12-14(7-34-10-18(25)26)36-15(5-31-2)21(29)20(12)28/h11-16,19-22,27-30H,3-10H2,1-2H3,(H,23,24)(H,25,26). The summed E-state index contributed by atoms with van der Waals surface area (Å²) in [6.07, 6.45) is -7.94. The van der Waals surface area contributed by atoms with Crippen molar-refractivity contribution < 1.29 is 68.6 Å². The fourth-order valence-corrected chi connectivity index (χ4v) is 4.52. The SMILES string of the molecule is CCC1C(COCC(=O)O)OC(COCC2C(COCC(=O)O)OC(COC)C(O)C2O)C(O)C1O. The monoisotopic (exact) mass is 526 g/mol. The molecule has 0 radical (unpaired) electrons. The molecule has 10 unspecified atom stereocenters. The van der Waals surface area contributed by atoms with Gasteiger partial charge in [-0.1, -0.05) is 6.92 Å². The third kappa shape index (κ3) is 8.55. The summed E-state index contributed by atoms with van der Waals surface area (Å²) in [5.41, 5.74) is 0. The van der Waals surface area contributed by atoms with E-state index >= 15 is 0 Å². The number of carbonyl (C=O) groups is 2. The van der Waals surface area contributed by atoms with Crippen LogP contribution in [-0.2, 0) is 38.0 Å². The predicted octanol–water partition coefficient (Wildman–Crippen LogP) is -2.53. The maximum absolute atomic E-state index is 10.8. The quantitative estimate of drug-likeness (QED) is 0.130. The highest BCUT2D eigenvalue weighted by molar-refractivity contribution is 5.68. The summed E-state index contributed by atoms with van der Waals surface area (Å²) >= 11 is 0. The summed E-state index contributed by atoms with van der Waals surface area (Å²) in [7, 11) is 1.40. The van der Waals surface area contributed by atoms with Gasteiger partial charge in [-0.2, -0.15) is 0 Å². The highest BCUT2D eigenvalue weighted by atomic mass is 16.6. The Morgan fingerprint density at radius 3 is 1.56 bits per heavy atom. The molecule has 6 N–H and O–H groups in total. The van der Waals surface area contributed by atoms with Gasteiger partial charge in [0.15, 0.2) is 0 Å². The van der Waals surface area contributed by atoms with Crippen LogP contribution in [0.5, 0.6) is 0 Å². The Hall–Kier alpha value is -1.46. The second kappa shape index (κ2) is 15.1. The summed E-state index contributed by atoms with van der Waals surface area (Å²) in [4.78, 5) is 21.5. The van der Waals surface area contributed by atoms with Gasteiger partial charge in [-0.25, -0.2) is 9.59 Å². The molecule has 0 aromatic carbocycles. The number of hydrogen-bond donors (Lipinski definition) is 6. The minimum absolute atomic E-state index is 0.00877. The molecule has 2 rings (SSSR count).